The van der Waals surface area contributed by atoms with Crippen molar-refractivity contribution in [1.29, 1.82) is 0 Å². The molecule has 2 nitrogen and oxygen atoms in total. The molecule has 1 atom stereocenters. The molecule has 0 aliphatic heterocycles. The van der Waals surface area contributed by atoms with Crippen LogP contribution in [0.25, 0.3) is 0 Å². The number of benzene rings is 2. The molecular formula is C20H24F2O2. The number of halogens is 2. The molecule has 0 aliphatic rings. The number of methoxy groups -OCH3 is 2. The lowest BCUT2D eigenvalue weighted by Crippen LogP contribution is -2.05. The van der Waals surface area contributed by atoms with Gasteiger partial charge in [-0.25, -0.2) is 8.78 Å². The summed E-state index contributed by atoms with van der Waals surface area (Å²) in [4.78, 5) is 0. The fourth-order valence-corrected chi connectivity index (χ4v) is 3.02. The number of hydrogen-bond acceptors (Lipinski definition) is 2. The molecular weight excluding hydrogens is 310 g/mol. The first-order valence-corrected chi connectivity index (χ1v) is 8.07. The van der Waals surface area contributed by atoms with Crippen LogP contribution in [0.4, 0.5) is 8.78 Å². The Morgan fingerprint density at radius 3 is 2.21 bits per heavy atom. The van der Waals surface area contributed by atoms with Gasteiger partial charge in [-0.1, -0.05) is 32.9 Å². The zero-order valence-corrected chi connectivity index (χ0v) is 14.8. The molecule has 130 valence electrons. The molecule has 0 amide bonds. The van der Waals surface area contributed by atoms with Crippen LogP contribution in [0.2, 0.25) is 0 Å². The third-order valence-electron chi connectivity index (χ3n) is 4.23. The fourth-order valence-electron chi connectivity index (χ4n) is 3.02. The standard InChI is InChI=1S/C20H24F2O2/c1-12(2)19-16(21)10-14(11-18(19)24-5)9-13(3)15-7-6-8-17(23-4)20(15)22/h6-8,10-13H,9H2,1-5H3. The van der Waals surface area contributed by atoms with Gasteiger partial charge in [0.25, 0.3) is 0 Å². The van der Waals surface area contributed by atoms with E-state index in [1.54, 1.807) is 18.2 Å². The minimum Gasteiger partial charge on any atom is -0.496 e. The predicted molar refractivity (Wildman–Crippen MR) is 92.1 cm³/mol. The van der Waals surface area contributed by atoms with Gasteiger partial charge in [-0.3, -0.25) is 0 Å². The van der Waals surface area contributed by atoms with Gasteiger partial charge in [-0.2, -0.15) is 0 Å². The van der Waals surface area contributed by atoms with Gasteiger partial charge in [-0.05, 0) is 47.6 Å². The molecule has 0 radical (unpaired) electrons. The van der Waals surface area contributed by atoms with Crippen LogP contribution < -0.4 is 9.47 Å². The minimum atomic E-state index is -0.362. The van der Waals surface area contributed by atoms with E-state index >= 15 is 0 Å². The molecule has 0 aromatic heterocycles. The van der Waals surface area contributed by atoms with E-state index in [0.29, 0.717) is 23.3 Å². The van der Waals surface area contributed by atoms with Crippen molar-refractivity contribution in [3.8, 4) is 11.5 Å². The third kappa shape index (κ3) is 3.69. The molecule has 2 aromatic rings. The zero-order valence-electron chi connectivity index (χ0n) is 14.8. The van der Waals surface area contributed by atoms with Gasteiger partial charge in [-0.15, -0.1) is 0 Å². The first-order chi connectivity index (χ1) is 11.4. The maximum Gasteiger partial charge on any atom is 0.168 e. The van der Waals surface area contributed by atoms with Crippen LogP contribution in [0.3, 0.4) is 0 Å². The first kappa shape index (κ1) is 18.2. The molecule has 0 bridgehead atoms. The molecule has 1 unspecified atom stereocenters. The molecule has 0 spiro atoms. The molecule has 0 heterocycles. The van der Waals surface area contributed by atoms with Gasteiger partial charge in [0.2, 0.25) is 0 Å². The minimum absolute atomic E-state index is 0.0299. The average molecular weight is 334 g/mol. The molecule has 24 heavy (non-hydrogen) atoms. The summed E-state index contributed by atoms with van der Waals surface area (Å²) in [7, 11) is 2.98. The number of rotatable bonds is 6. The van der Waals surface area contributed by atoms with Gasteiger partial charge >= 0.3 is 0 Å². The Morgan fingerprint density at radius 2 is 1.62 bits per heavy atom. The van der Waals surface area contributed by atoms with Gasteiger partial charge in [0.15, 0.2) is 11.6 Å². The average Bonchev–Trinajstić information content (AvgIpc) is 2.53. The Kier molecular flexibility index (Phi) is 5.81. The number of ether oxygens (including phenoxy) is 2. The van der Waals surface area contributed by atoms with E-state index in [-0.39, 0.29) is 29.2 Å². The van der Waals surface area contributed by atoms with Crippen LogP contribution in [-0.4, -0.2) is 14.2 Å². The van der Waals surface area contributed by atoms with Crippen molar-refractivity contribution in [2.24, 2.45) is 0 Å². The summed E-state index contributed by atoms with van der Waals surface area (Å²) in [5, 5.41) is 0. The van der Waals surface area contributed by atoms with Crippen molar-refractivity contribution in [3.63, 3.8) is 0 Å². The van der Waals surface area contributed by atoms with Gasteiger partial charge < -0.3 is 9.47 Å². The van der Waals surface area contributed by atoms with Crippen LogP contribution >= 0.6 is 0 Å². The van der Waals surface area contributed by atoms with Gasteiger partial charge in [0, 0.05) is 5.56 Å². The lowest BCUT2D eigenvalue weighted by Gasteiger charge is -2.18. The normalized spacial score (nSPS) is 12.3. The van der Waals surface area contributed by atoms with Crippen molar-refractivity contribution in [2.75, 3.05) is 14.2 Å². The number of hydrogen-bond donors (Lipinski definition) is 0. The highest BCUT2D eigenvalue weighted by atomic mass is 19.1. The van der Waals surface area contributed by atoms with Crippen molar-refractivity contribution in [2.45, 2.75) is 39.0 Å². The molecule has 0 saturated carbocycles. The monoisotopic (exact) mass is 334 g/mol. The smallest absolute Gasteiger partial charge is 0.168 e. The van der Waals surface area contributed by atoms with E-state index in [0.717, 1.165) is 5.56 Å². The van der Waals surface area contributed by atoms with Crippen molar-refractivity contribution >= 4 is 0 Å². The maximum atomic E-state index is 14.4. The summed E-state index contributed by atoms with van der Waals surface area (Å²) < 4.78 is 39.2. The van der Waals surface area contributed by atoms with Crippen LogP contribution in [0, 0.1) is 11.6 Å². The quantitative estimate of drug-likeness (QED) is 0.699. The van der Waals surface area contributed by atoms with Crippen LogP contribution in [0.5, 0.6) is 11.5 Å². The second-order valence-electron chi connectivity index (χ2n) is 6.32. The third-order valence-corrected chi connectivity index (χ3v) is 4.23. The Morgan fingerprint density at radius 1 is 0.958 bits per heavy atom. The maximum absolute atomic E-state index is 14.4. The summed E-state index contributed by atoms with van der Waals surface area (Å²) >= 11 is 0. The van der Waals surface area contributed by atoms with Crippen molar-refractivity contribution in [1.82, 2.24) is 0 Å². The second-order valence-corrected chi connectivity index (χ2v) is 6.32. The van der Waals surface area contributed by atoms with E-state index in [1.807, 2.05) is 26.8 Å². The molecule has 2 rings (SSSR count). The molecule has 0 aliphatic carbocycles. The topological polar surface area (TPSA) is 18.5 Å². The highest BCUT2D eigenvalue weighted by Crippen LogP contribution is 2.33. The van der Waals surface area contributed by atoms with E-state index in [2.05, 4.69) is 0 Å². The van der Waals surface area contributed by atoms with Crippen LogP contribution in [-0.2, 0) is 6.42 Å². The summed E-state index contributed by atoms with van der Waals surface area (Å²) in [6.45, 7) is 5.77. The highest BCUT2D eigenvalue weighted by Gasteiger charge is 2.19. The Labute approximate surface area is 142 Å². The lowest BCUT2D eigenvalue weighted by molar-refractivity contribution is 0.382. The second kappa shape index (κ2) is 7.65. The summed E-state index contributed by atoms with van der Waals surface area (Å²) in [5.74, 6) is 0.0318. The van der Waals surface area contributed by atoms with E-state index in [4.69, 9.17) is 9.47 Å². The van der Waals surface area contributed by atoms with E-state index in [9.17, 15) is 8.78 Å². The highest BCUT2D eigenvalue weighted by molar-refractivity contribution is 5.42. The van der Waals surface area contributed by atoms with Crippen molar-refractivity contribution in [3.05, 3.63) is 58.7 Å². The van der Waals surface area contributed by atoms with Gasteiger partial charge in [0.05, 0.1) is 14.2 Å². The Hall–Kier alpha value is -2.10. The van der Waals surface area contributed by atoms with Gasteiger partial charge in [0.1, 0.15) is 11.6 Å². The summed E-state index contributed by atoms with van der Waals surface area (Å²) in [6, 6.07) is 8.44. The molecule has 0 N–H and O–H groups in total. The largest absolute Gasteiger partial charge is 0.496 e. The molecule has 2 aromatic carbocycles. The SMILES string of the molecule is COc1cccc(C(C)Cc2cc(F)c(C(C)C)c(OC)c2)c1F. The van der Waals surface area contributed by atoms with E-state index in [1.165, 1.54) is 20.3 Å². The van der Waals surface area contributed by atoms with Crippen LogP contribution in [0.1, 0.15) is 49.3 Å². The lowest BCUT2D eigenvalue weighted by atomic mass is 9.91. The summed E-state index contributed by atoms with van der Waals surface area (Å²) in [6.07, 6.45) is 0.510. The Bertz CT molecular complexity index is 711. The fraction of sp³-hybridized carbons (Fsp3) is 0.400. The Balaban J connectivity index is 2.33. The van der Waals surface area contributed by atoms with Crippen LogP contribution in [0.15, 0.2) is 30.3 Å². The molecule has 4 heteroatoms. The predicted octanol–water partition coefficient (Wildman–Crippen LogP) is 5.45. The zero-order chi connectivity index (χ0) is 17.9. The summed E-state index contributed by atoms with van der Waals surface area (Å²) in [5.41, 5.74) is 1.91. The first-order valence-electron chi connectivity index (χ1n) is 8.07. The molecule has 0 fully saturated rings. The molecule has 0 saturated heterocycles. The van der Waals surface area contributed by atoms with Crippen molar-refractivity contribution < 1.29 is 18.3 Å². The van der Waals surface area contributed by atoms with E-state index < -0.39 is 0 Å².